The van der Waals surface area contributed by atoms with Crippen molar-refractivity contribution in [2.24, 2.45) is 11.1 Å². The maximum absolute atomic E-state index is 12.5. The highest BCUT2D eigenvalue weighted by atomic mass is 19.4. The number of nitrogens with two attached hydrogens (primary N) is 1. The fraction of sp³-hybridized carbons (Fsp3) is 0.615. The van der Waals surface area contributed by atoms with Crippen molar-refractivity contribution in [1.29, 1.82) is 0 Å². The summed E-state index contributed by atoms with van der Waals surface area (Å²) >= 11 is 0. The van der Waals surface area contributed by atoms with E-state index in [9.17, 15) is 18.0 Å². The van der Waals surface area contributed by atoms with Gasteiger partial charge in [-0.05, 0) is 5.41 Å². The van der Waals surface area contributed by atoms with Crippen molar-refractivity contribution in [3.8, 4) is 0 Å². The van der Waals surface area contributed by atoms with Crippen LogP contribution < -0.4 is 10.6 Å². The third kappa shape index (κ3) is 3.23. The van der Waals surface area contributed by atoms with Gasteiger partial charge in [0.15, 0.2) is 0 Å². The average Bonchev–Trinajstić information content (AvgIpc) is 2.30. The van der Waals surface area contributed by atoms with Gasteiger partial charge >= 0.3 is 12.3 Å². The van der Waals surface area contributed by atoms with Crippen molar-refractivity contribution in [2.45, 2.75) is 39.1 Å². The first-order valence-electron chi connectivity index (χ1n) is 6.62. The molecule has 0 spiro atoms. The molecule has 1 aliphatic rings. The van der Waals surface area contributed by atoms with Crippen molar-refractivity contribution in [1.82, 2.24) is 9.97 Å². The number of rotatable bonds is 2. The zero-order valence-corrected chi connectivity index (χ0v) is 12.4. The Bertz CT molecular complexity index is 554. The summed E-state index contributed by atoms with van der Waals surface area (Å²) in [6.45, 7) is 6.05. The van der Waals surface area contributed by atoms with E-state index in [-0.39, 0.29) is 23.9 Å². The van der Waals surface area contributed by atoms with Crippen LogP contribution >= 0.6 is 0 Å². The number of halogens is 3. The summed E-state index contributed by atoms with van der Waals surface area (Å²) in [4.78, 5) is 20.1. The SMILES string of the molecule is CC(C)(C)C1C(OC(N)=O)CN1c1ncc(C(F)(F)F)cn1. The minimum Gasteiger partial charge on any atom is -0.442 e. The highest BCUT2D eigenvalue weighted by molar-refractivity contribution is 5.65. The van der Waals surface area contributed by atoms with Crippen LogP contribution in [0.5, 0.6) is 0 Å². The quantitative estimate of drug-likeness (QED) is 0.904. The molecule has 0 aromatic carbocycles. The first-order valence-corrected chi connectivity index (χ1v) is 6.62. The lowest BCUT2D eigenvalue weighted by Gasteiger charge is -2.52. The summed E-state index contributed by atoms with van der Waals surface area (Å²) in [5.74, 6) is 0.164. The lowest BCUT2D eigenvalue weighted by molar-refractivity contribution is -0.138. The van der Waals surface area contributed by atoms with Crippen molar-refractivity contribution in [3.05, 3.63) is 18.0 Å². The molecule has 22 heavy (non-hydrogen) atoms. The molecule has 2 atom stereocenters. The number of amides is 1. The van der Waals surface area contributed by atoms with E-state index in [0.29, 0.717) is 0 Å². The number of hydrogen-bond acceptors (Lipinski definition) is 5. The van der Waals surface area contributed by atoms with Gasteiger partial charge in [0, 0.05) is 12.4 Å². The molecule has 2 unspecified atom stereocenters. The topological polar surface area (TPSA) is 81.3 Å². The maximum Gasteiger partial charge on any atom is 0.419 e. The second kappa shape index (κ2) is 5.29. The van der Waals surface area contributed by atoms with E-state index in [1.807, 2.05) is 20.8 Å². The molecular weight excluding hydrogens is 301 g/mol. The summed E-state index contributed by atoms with van der Waals surface area (Å²) < 4.78 is 42.6. The number of carbonyl (C=O) groups excluding carboxylic acids is 1. The van der Waals surface area contributed by atoms with Crippen LogP contribution in [-0.4, -0.2) is 34.8 Å². The van der Waals surface area contributed by atoms with Gasteiger partial charge in [0.05, 0.1) is 18.2 Å². The van der Waals surface area contributed by atoms with Gasteiger partial charge in [0.1, 0.15) is 6.10 Å². The van der Waals surface area contributed by atoms with Crippen molar-refractivity contribution in [2.75, 3.05) is 11.4 Å². The van der Waals surface area contributed by atoms with Gasteiger partial charge in [-0.2, -0.15) is 13.2 Å². The third-order valence-corrected chi connectivity index (χ3v) is 3.44. The molecule has 1 amide bonds. The zero-order chi connectivity index (χ0) is 16.7. The Morgan fingerprint density at radius 3 is 2.27 bits per heavy atom. The monoisotopic (exact) mass is 318 g/mol. The van der Waals surface area contributed by atoms with Gasteiger partial charge in [0.2, 0.25) is 5.95 Å². The fourth-order valence-electron chi connectivity index (χ4n) is 2.57. The standard InChI is InChI=1S/C13H17F3N4O2/c1-12(2,3)9-8(22-10(17)21)6-20(9)11-18-4-7(5-19-11)13(14,15)16/h4-5,8-9H,6H2,1-3H3,(H2,17,21). The molecule has 1 aliphatic heterocycles. The van der Waals surface area contributed by atoms with Crippen molar-refractivity contribution < 1.29 is 22.7 Å². The molecular formula is C13H17F3N4O2. The molecule has 2 rings (SSSR count). The average molecular weight is 318 g/mol. The first kappa shape index (κ1) is 16.3. The van der Waals surface area contributed by atoms with Crippen LogP contribution in [-0.2, 0) is 10.9 Å². The molecule has 2 N–H and O–H groups in total. The number of hydrogen-bond donors (Lipinski definition) is 1. The Morgan fingerprint density at radius 2 is 1.86 bits per heavy atom. The van der Waals surface area contributed by atoms with Crippen molar-refractivity contribution >= 4 is 12.0 Å². The number of aromatic nitrogens is 2. The molecule has 1 aromatic heterocycles. The summed E-state index contributed by atoms with van der Waals surface area (Å²) in [6, 6.07) is -0.267. The Hall–Kier alpha value is -2.06. The normalized spacial score (nSPS) is 22.2. The predicted octanol–water partition coefficient (Wildman–Crippen LogP) is 2.19. The van der Waals surface area contributed by atoms with E-state index in [1.54, 1.807) is 4.90 Å². The van der Waals surface area contributed by atoms with Gasteiger partial charge in [-0.15, -0.1) is 0 Å². The number of alkyl halides is 3. The third-order valence-electron chi connectivity index (χ3n) is 3.44. The summed E-state index contributed by atoms with van der Waals surface area (Å²) in [5.41, 5.74) is 3.81. The van der Waals surface area contributed by atoms with Crippen LogP contribution in [0.25, 0.3) is 0 Å². The Labute approximate surface area is 125 Å². The molecule has 2 heterocycles. The molecule has 122 valence electrons. The van der Waals surface area contributed by atoms with Crippen molar-refractivity contribution in [3.63, 3.8) is 0 Å². The molecule has 9 heteroatoms. The van der Waals surface area contributed by atoms with Crippen LogP contribution in [0.4, 0.5) is 23.9 Å². The summed E-state index contributed by atoms with van der Waals surface area (Å²) in [7, 11) is 0. The van der Waals surface area contributed by atoms with E-state index >= 15 is 0 Å². The minimum atomic E-state index is -4.48. The molecule has 0 saturated carbocycles. The molecule has 0 radical (unpaired) electrons. The van der Waals surface area contributed by atoms with Gasteiger partial charge in [-0.3, -0.25) is 0 Å². The van der Waals surface area contributed by atoms with Crippen LogP contribution in [0.2, 0.25) is 0 Å². The number of primary amides is 1. The predicted molar refractivity (Wildman–Crippen MR) is 72.1 cm³/mol. The molecule has 6 nitrogen and oxygen atoms in total. The molecule has 1 fully saturated rings. The largest absolute Gasteiger partial charge is 0.442 e. The smallest absolute Gasteiger partial charge is 0.419 e. The highest BCUT2D eigenvalue weighted by Gasteiger charge is 2.49. The first-order chi connectivity index (χ1) is 10.00. The van der Waals surface area contributed by atoms with Gasteiger partial charge in [-0.25, -0.2) is 14.8 Å². The van der Waals surface area contributed by atoms with Gasteiger partial charge in [0.25, 0.3) is 0 Å². The zero-order valence-electron chi connectivity index (χ0n) is 12.4. The second-order valence-electron chi connectivity index (χ2n) is 6.21. The minimum absolute atomic E-state index is 0.164. The van der Waals surface area contributed by atoms with E-state index in [4.69, 9.17) is 10.5 Å². The Morgan fingerprint density at radius 1 is 1.32 bits per heavy atom. The number of ether oxygens (including phenoxy) is 1. The summed E-state index contributed by atoms with van der Waals surface area (Å²) in [5, 5.41) is 0. The number of nitrogens with zero attached hydrogens (tertiary/aromatic N) is 3. The lowest BCUT2D eigenvalue weighted by Crippen LogP contribution is -2.67. The van der Waals surface area contributed by atoms with Crippen LogP contribution in [0.15, 0.2) is 12.4 Å². The van der Waals surface area contributed by atoms with Crippen LogP contribution in [0.3, 0.4) is 0 Å². The molecule has 1 aromatic rings. The molecule has 0 bridgehead atoms. The van der Waals surface area contributed by atoms with E-state index in [0.717, 1.165) is 12.4 Å². The Balaban J connectivity index is 2.20. The van der Waals surface area contributed by atoms with E-state index < -0.39 is 23.9 Å². The maximum atomic E-state index is 12.5. The van der Waals surface area contributed by atoms with E-state index in [1.165, 1.54) is 0 Å². The molecule has 1 saturated heterocycles. The Kier molecular flexibility index (Phi) is 3.92. The van der Waals surface area contributed by atoms with Gasteiger partial charge in [-0.1, -0.05) is 20.8 Å². The number of anilines is 1. The second-order valence-corrected chi connectivity index (χ2v) is 6.21. The van der Waals surface area contributed by atoms with E-state index in [2.05, 4.69) is 9.97 Å². The fourth-order valence-corrected chi connectivity index (χ4v) is 2.57. The highest BCUT2D eigenvalue weighted by Crippen LogP contribution is 2.38. The number of carbonyl (C=O) groups is 1. The summed E-state index contributed by atoms with van der Waals surface area (Å²) in [6.07, 6.45) is -4.32. The molecule has 0 aliphatic carbocycles. The van der Waals surface area contributed by atoms with Gasteiger partial charge < -0.3 is 15.4 Å². The van der Waals surface area contributed by atoms with Crippen LogP contribution in [0.1, 0.15) is 26.3 Å². The lowest BCUT2D eigenvalue weighted by atomic mass is 9.77. The van der Waals surface area contributed by atoms with Crippen LogP contribution in [0, 0.1) is 5.41 Å².